The van der Waals surface area contributed by atoms with Crippen molar-refractivity contribution < 1.29 is 4.74 Å². The molecular formula is C14H28N2O. The van der Waals surface area contributed by atoms with Crippen LogP contribution < -0.4 is 5.32 Å². The van der Waals surface area contributed by atoms with E-state index in [4.69, 9.17) is 4.74 Å². The highest BCUT2D eigenvalue weighted by Gasteiger charge is 2.27. The van der Waals surface area contributed by atoms with Crippen molar-refractivity contribution in [2.45, 2.75) is 58.2 Å². The maximum absolute atomic E-state index is 5.78. The van der Waals surface area contributed by atoms with E-state index < -0.39 is 0 Å². The van der Waals surface area contributed by atoms with Crippen LogP contribution in [-0.2, 0) is 4.74 Å². The molecule has 3 heteroatoms. The van der Waals surface area contributed by atoms with Gasteiger partial charge in [-0.1, -0.05) is 13.8 Å². The van der Waals surface area contributed by atoms with Crippen molar-refractivity contribution in [1.82, 2.24) is 10.2 Å². The highest BCUT2D eigenvalue weighted by molar-refractivity contribution is 4.84. The summed E-state index contributed by atoms with van der Waals surface area (Å²) in [6, 6.07) is 1.33. The Morgan fingerprint density at radius 1 is 1.35 bits per heavy atom. The summed E-state index contributed by atoms with van der Waals surface area (Å²) in [5.41, 5.74) is 0. The van der Waals surface area contributed by atoms with Gasteiger partial charge in [-0.25, -0.2) is 0 Å². The molecule has 0 aliphatic carbocycles. The lowest BCUT2D eigenvalue weighted by atomic mass is 10.0. The predicted molar refractivity (Wildman–Crippen MR) is 71.3 cm³/mol. The second-order valence-corrected chi connectivity index (χ2v) is 6.03. The summed E-state index contributed by atoms with van der Waals surface area (Å²) >= 11 is 0. The van der Waals surface area contributed by atoms with Gasteiger partial charge in [0.2, 0.25) is 0 Å². The van der Waals surface area contributed by atoms with E-state index in [9.17, 15) is 0 Å². The summed E-state index contributed by atoms with van der Waals surface area (Å²) < 4.78 is 5.78. The maximum atomic E-state index is 5.78. The van der Waals surface area contributed by atoms with Crippen LogP contribution in [0, 0.1) is 5.92 Å². The Hall–Kier alpha value is -0.120. The summed E-state index contributed by atoms with van der Waals surface area (Å²) in [7, 11) is 0. The number of ether oxygens (including phenoxy) is 1. The van der Waals surface area contributed by atoms with Crippen LogP contribution in [0.15, 0.2) is 0 Å². The molecule has 2 fully saturated rings. The van der Waals surface area contributed by atoms with Crippen molar-refractivity contribution in [2.24, 2.45) is 5.92 Å². The van der Waals surface area contributed by atoms with Gasteiger partial charge >= 0.3 is 0 Å². The minimum atomic E-state index is 0.489. The van der Waals surface area contributed by atoms with Gasteiger partial charge in [0, 0.05) is 31.8 Å². The monoisotopic (exact) mass is 240 g/mol. The SMILES string of the molecule is CC(C)C1CN(CC2CCCO2)C(C)CCN1. The van der Waals surface area contributed by atoms with E-state index in [0.29, 0.717) is 24.1 Å². The molecule has 3 unspecified atom stereocenters. The van der Waals surface area contributed by atoms with Crippen LogP contribution in [-0.4, -0.2) is 49.3 Å². The minimum Gasteiger partial charge on any atom is -0.377 e. The quantitative estimate of drug-likeness (QED) is 0.815. The van der Waals surface area contributed by atoms with E-state index >= 15 is 0 Å². The standard InChI is InChI=1S/C14H28N2O/c1-11(2)14-10-16(12(3)6-7-15-14)9-13-5-4-8-17-13/h11-15H,4-10H2,1-3H3. The number of hydrogen-bond donors (Lipinski definition) is 1. The second-order valence-electron chi connectivity index (χ2n) is 6.03. The van der Waals surface area contributed by atoms with Crippen LogP contribution >= 0.6 is 0 Å². The minimum absolute atomic E-state index is 0.489. The average molecular weight is 240 g/mol. The Bertz CT molecular complexity index is 226. The molecule has 0 spiro atoms. The molecule has 2 saturated heterocycles. The Kier molecular flexibility index (Phi) is 4.83. The highest BCUT2D eigenvalue weighted by atomic mass is 16.5. The summed E-state index contributed by atoms with van der Waals surface area (Å²) in [5, 5.41) is 3.68. The number of nitrogens with one attached hydrogen (secondary N) is 1. The van der Waals surface area contributed by atoms with Crippen LogP contribution in [0.25, 0.3) is 0 Å². The van der Waals surface area contributed by atoms with Crippen molar-refractivity contribution in [3.8, 4) is 0 Å². The molecule has 0 aromatic rings. The van der Waals surface area contributed by atoms with E-state index in [1.54, 1.807) is 0 Å². The fourth-order valence-electron chi connectivity index (χ4n) is 2.91. The Morgan fingerprint density at radius 3 is 2.82 bits per heavy atom. The van der Waals surface area contributed by atoms with Gasteiger partial charge in [-0.05, 0) is 38.6 Å². The molecule has 0 amide bonds. The fourth-order valence-corrected chi connectivity index (χ4v) is 2.91. The third-order valence-corrected chi connectivity index (χ3v) is 4.29. The molecule has 2 rings (SSSR count). The number of nitrogens with zero attached hydrogens (tertiary/aromatic N) is 1. The molecule has 2 aliphatic heterocycles. The molecule has 1 N–H and O–H groups in total. The van der Waals surface area contributed by atoms with Crippen LogP contribution in [0.3, 0.4) is 0 Å². The smallest absolute Gasteiger partial charge is 0.0702 e. The van der Waals surface area contributed by atoms with Crippen LogP contribution in [0.4, 0.5) is 0 Å². The van der Waals surface area contributed by atoms with Gasteiger partial charge in [-0.3, -0.25) is 4.90 Å². The zero-order valence-electron chi connectivity index (χ0n) is 11.6. The molecule has 0 radical (unpaired) electrons. The second kappa shape index (κ2) is 6.17. The van der Waals surface area contributed by atoms with Crippen LogP contribution in [0.1, 0.15) is 40.0 Å². The van der Waals surface area contributed by atoms with Crippen molar-refractivity contribution in [3.63, 3.8) is 0 Å². The van der Waals surface area contributed by atoms with Crippen LogP contribution in [0.5, 0.6) is 0 Å². The van der Waals surface area contributed by atoms with E-state index in [1.807, 2.05) is 0 Å². The molecule has 0 aromatic carbocycles. The molecule has 2 heterocycles. The summed E-state index contributed by atoms with van der Waals surface area (Å²) in [4.78, 5) is 2.64. The lowest BCUT2D eigenvalue weighted by molar-refractivity contribution is 0.0573. The topological polar surface area (TPSA) is 24.5 Å². The van der Waals surface area contributed by atoms with Gasteiger partial charge < -0.3 is 10.1 Å². The normalized spacial score (nSPS) is 36.4. The van der Waals surface area contributed by atoms with Gasteiger partial charge in [-0.2, -0.15) is 0 Å². The first-order valence-electron chi connectivity index (χ1n) is 7.26. The Labute approximate surface area is 106 Å². The third kappa shape index (κ3) is 3.67. The Balaban J connectivity index is 1.91. The van der Waals surface area contributed by atoms with Crippen molar-refractivity contribution in [3.05, 3.63) is 0 Å². The van der Waals surface area contributed by atoms with Gasteiger partial charge in [0.25, 0.3) is 0 Å². The van der Waals surface area contributed by atoms with Gasteiger partial charge in [0.05, 0.1) is 6.10 Å². The molecular weight excluding hydrogens is 212 g/mol. The number of rotatable bonds is 3. The highest BCUT2D eigenvalue weighted by Crippen LogP contribution is 2.18. The van der Waals surface area contributed by atoms with Crippen LogP contribution in [0.2, 0.25) is 0 Å². The van der Waals surface area contributed by atoms with Gasteiger partial charge in [0.1, 0.15) is 0 Å². The first-order chi connectivity index (χ1) is 8.16. The first kappa shape index (κ1) is 13.3. The zero-order chi connectivity index (χ0) is 12.3. The summed E-state index contributed by atoms with van der Waals surface area (Å²) in [6.07, 6.45) is 4.25. The zero-order valence-corrected chi connectivity index (χ0v) is 11.6. The summed E-state index contributed by atoms with van der Waals surface area (Å²) in [5.74, 6) is 0.715. The van der Waals surface area contributed by atoms with E-state index in [0.717, 1.165) is 19.7 Å². The molecule has 100 valence electrons. The largest absolute Gasteiger partial charge is 0.377 e. The number of hydrogen-bond acceptors (Lipinski definition) is 3. The van der Waals surface area contributed by atoms with E-state index in [2.05, 4.69) is 31.0 Å². The average Bonchev–Trinajstić information content (AvgIpc) is 2.71. The molecule has 3 atom stereocenters. The fraction of sp³-hybridized carbons (Fsp3) is 1.00. The summed E-state index contributed by atoms with van der Waals surface area (Å²) in [6.45, 7) is 11.4. The maximum Gasteiger partial charge on any atom is 0.0702 e. The third-order valence-electron chi connectivity index (χ3n) is 4.29. The lowest BCUT2D eigenvalue weighted by Crippen LogP contribution is -2.45. The van der Waals surface area contributed by atoms with Gasteiger partial charge in [-0.15, -0.1) is 0 Å². The molecule has 0 bridgehead atoms. The van der Waals surface area contributed by atoms with E-state index in [1.165, 1.54) is 25.8 Å². The predicted octanol–water partition coefficient (Wildman–Crippen LogP) is 1.87. The van der Waals surface area contributed by atoms with Crippen molar-refractivity contribution in [2.75, 3.05) is 26.2 Å². The molecule has 17 heavy (non-hydrogen) atoms. The Morgan fingerprint density at radius 2 is 2.18 bits per heavy atom. The van der Waals surface area contributed by atoms with E-state index in [-0.39, 0.29) is 0 Å². The molecule has 0 saturated carbocycles. The van der Waals surface area contributed by atoms with Crippen molar-refractivity contribution in [1.29, 1.82) is 0 Å². The van der Waals surface area contributed by atoms with Crippen molar-refractivity contribution >= 4 is 0 Å². The first-order valence-corrected chi connectivity index (χ1v) is 7.26. The molecule has 2 aliphatic rings. The van der Waals surface area contributed by atoms with Gasteiger partial charge in [0.15, 0.2) is 0 Å². The molecule has 0 aromatic heterocycles. The molecule has 3 nitrogen and oxygen atoms in total. The lowest BCUT2D eigenvalue weighted by Gasteiger charge is -2.32.